The van der Waals surface area contributed by atoms with E-state index in [1.54, 1.807) is 0 Å². The van der Waals surface area contributed by atoms with Gasteiger partial charge < -0.3 is 0 Å². The molecule has 0 aliphatic rings. The second kappa shape index (κ2) is 2.52. The Balaban J connectivity index is 3.71. The van der Waals surface area contributed by atoms with Gasteiger partial charge in [-0.05, 0) is 0 Å². The van der Waals surface area contributed by atoms with Crippen molar-refractivity contribution in [3.8, 4) is 0 Å². The van der Waals surface area contributed by atoms with Crippen LogP contribution in [0.1, 0.15) is 0 Å². The van der Waals surface area contributed by atoms with E-state index in [1.807, 2.05) is 0 Å². The van der Waals surface area contributed by atoms with Crippen molar-refractivity contribution in [2.24, 2.45) is 0 Å². The van der Waals surface area contributed by atoms with E-state index in [-0.39, 0.29) is 0 Å². The van der Waals surface area contributed by atoms with Gasteiger partial charge >= 0.3 is 0 Å². The molecule has 0 N–H and O–H groups in total. The van der Waals surface area contributed by atoms with Gasteiger partial charge in [-0.3, -0.25) is 4.39 Å². The SMILES string of the molecule is C[Si](C)(CF)C(F)F. The smallest absolute Gasteiger partial charge is 0.223 e. The van der Waals surface area contributed by atoms with E-state index in [1.165, 1.54) is 13.1 Å². The van der Waals surface area contributed by atoms with Crippen LogP contribution in [0.4, 0.5) is 13.2 Å². The highest BCUT2D eigenvalue weighted by molar-refractivity contribution is 6.78. The zero-order valence-corrected chi connectivity index (χ0v) is 5.92. The molecule has 0 spiro atoms. The molecule has 0 aliphatic heterocycles. The quantitative estimate of drug-likeness (QED) is 0.517. The maximum Gasteiger partial charge on any atom is 0.223 e. The fraction of sp³-hybridized carbons (Fsp3) is 1.00. The zero-order valence-electron chi connectivity index (χ0n) is 4.92. The summed E-state index contributed by atoms with van der Waals surface area (Å²) in [7, 11) is -2.75. The third-order valence-electron chi connectivity index (χ3n) is 0.935. The lowest BCUT2D eigenvalue weighted by Crippen LogP contribution is -2.38. The molecule has 0 aromatic heterocycles. The monoisotopic (exact) mass is 142 g/mol. The van der Waals surface area contributed by atoms with Crippen LogP contribution in [-0.4, -0.2) is 20.4 Å². The summed E-state index contributed by atoms with van der Waals surface area (Å²) >= 11 is 0. The lowest BCUT2D eigenvalue weighted by molar-refractivity contribution is 0.224. The first-order valence-electron chi connectivity index (χ1n) is 2.35. The van der Waals surface area contributed by atoms with Crippen molar-refractivity contribution in [1.29, 1.82) is 0 Å². The molecule has 0 saturated heterocycles. The summed E-state index contributed by atoms with van der Waals surface area (Å²) in [6, 6.07) is -2.42. The van der Waals surface area contributed by atoms with Gasteiger partial charge in [-0.15, -0.1) is 0 Å². The van der Waals surface area contributed by atoms with Crippen LogP contribution in [0.25, 0.3) is 0 Å². The van der Waals surface area contributed by atoms with Gasteiger partial charge in [0.25, 0.3) is 0 Å². The molecule has 0 nitrogen and oxygen atoms in total. The predicted molar refractivity (Wildman–Crippen MR) is 29.5 cm³/mol. The van der Waals surface area contributed by atoms with E-state index >= 15 is 0 Å². The third-order valence-corrected chi connectivity index (χ3v) is 2.81. The Hall–Kier alpha value is 0.00688. The molecule has 4 heteroatoms. The van der Waals surface area contributed by atoms with Crippen molar-refractivity contribution in [2.75, 3.05) is 6.30 Å². The molecule has 0 aromatic carbocycles. The molecule has 0 bridgehead atoms. The maximum absolute atomic E-state index is 11.6. The lowest BCUT2D eigenvalue weighted by Gasteiger charge is -2.14. The Morgan fingerprint density at radius 3 is 1.75 bits per heavy atom. The second-order valence-electron chi connectivity index (χ2n) is 2.42. The third kappa shape index (κ3) is 1.86. The van der Waals surface area contributed by atoms with Crippen molar-refractivity contribution in [3.63, 3.8) is 0 Å². The number of rotatable bonds is 2. The van der Waals surface area contributed by atoms with Gasteiger partial charge in [-0.1, -0.05) is 13.1 Å². The van der Waals surface area contributed by atoms with Crippen LogP contribution in [0, 0.1) is 0 Å². The minimum absolute atomic E-state index is 0.829. The van der Waals surface area contributed by atoms with Crippen LogP contribution < -0.4 is 0 Å². The van der Waals surface area contributed by atoms with Gasteiger partial charge in [0.05, 0.1) is 6.30 Å². The van der Waals surface area contributed by atoms with E-state index in [2.05, 4.69) is 0 Å². The molecule has 0 unspecified atom stereocenters. The zero-order chi connectivity index (χ0) is 6.78. The first-order chi connectivity index (χ1) is 3.50. The molecule has 0 atom stereocenters. The predicted octanol–water partition coefficient (Wildman–Crippen LogP) is 2.01. The molecule has 8 heavy (non-hydrogen) atoms. The van der Waals surface area contributed by atoms with Gasteiger partial charge in [0.15, 0.2) is 8.07 Å². The fourth-order valence-electron chi connectivity index (χ4n) is 0.0583. The highest BCUT2D eigenvalue weighted by Crippen LogP contribution is 2.12. The Labute approximate surface area is 47.7 Å². The van der Waals surface area contributed by atoms with Crippen LogP contribution in [0.3, 0.4) is 0 Å². The minimum atomic E-state index is -2.75. The Morgan fingerprint density at radius 1 is 1.38 bits per heavy atom. The average molecular weight is 142 g/mol. The van der Waals surface area contributed by atoms with Crippen LogP contribution in [0.5, 0.6) is 0 Å². The molecule has 0 amide bonds. The van der Waals surface area contributed by atoms with Crippen molar-refractivity contribution in [3.05, 3.63) is 0 Å². The summed E-state index contributed by atoms with van der Waals surface area (Å²) < 4.78 is 34.9. The van der Waals surface area contributed by atoms with Crippen molar-refractivity contribution in [1.82, 2.24) is 0 Å². The molecule has 0 saturated carbocycles. The molecular formula is C4H9F3Si. The Morgan fingerprint density at radius 2 is 1.75 bits per heavy atom. The van der Waals surface area contributed by atoms with Crippen molar-refractivity contribution >= 4 is 8.07 Å². The average Bonchev–Trinajstić information content (AvgIpc) is 1.67. The second-order valence-corrected chi connectivity index (χ2v) is 7.10. The summed E-state index contributed by atoms with van der Waals surface area (Å²) in [6.07, 6.45) is -0.829. The normalized spacial score (nSPS) is 12.8. The number of alkyl halides is 3. The molecule has 0 fully saturated rings. The number of hydrogen-bond acceptors (Lipinski definition) is 0. The molecule has 0 rings (SSSR count). The van der Waals surface area contributed by atoms with Gasteiger partial charge in [0.1, 0.15) is 0 Å². The van der Waals surface area contributed by atoms with E-state index in [0.29, 0.717) is 0 Å². The van der Waals surface area contributed by atoms with Gasteiger partial charge in [-0.2, -0.15) is 0 Å². The van der Waals surface area contributed by atoms with Crippen LogP contribution in [-0.2, 0) is 0 Å². The van der Waals surface area contributed by atoms with Gasteiger partial charge in [0.2, 0.25) is 6.05 Å². The van der Waals surface area contributed by atoms with Crippen LogP contribution in [0.15, 0.2) is 0 Å². The summed E-state index contributed by atoms with van der Waals surface area (Å²) in [5.41, 5.74) is 0. The van der Waals surface area contributed by atoms with E-state index < -0.39 is 20.4 Å². The minimum Gasteiger partial charge on any atom is -0.255 e. The van der Waals surface area contributed by atoms with Crippen molar-refractivity contribution < 1.29 is 13.2 Å². The summed E-state index contributed by atoms with van der Waals surface area (Å²) in [4.78, 5) is 0. The summed E-state index contributed by atoms with van der Waals surface area (Å²) in [6.45, 7) is 2.66. The van der Waals surface area contributed by atoms with E-state index in [4.69, 9.17) is 0 Å². The lowest BCUT2D eigenvalue weighted by atomic mass is 11.6. The highest BCUT2D eigenvalue weighted by atomic mass is 28.3. The standard InChI is InChI=1S/C4H9F3Si/c1-8(2,3-5)4(6)7/h4H,3H2,1-2H3. The molecule has 0 radical (unpaired) electrons. The van der Waals surface area contributed by atoms with Crippen molar-refractivity contribution in [2.45, 2.75) is 19.1 Å². The number of hydrogen-bond donors (Lipinski definition) is 0. The molecule has 0 aromatic rings. The molecule has 50 valence electrons. The van der Waals surface area contributed by atoms with Gasteiger partial charge in [-0.25, -0.2) is 8.78 Å². The topological polar surface area (TPSA) is 0 Å². The number of halogens is 3. The Bertz CT molecular complexity index is 71.7. The van der Waals surface area contributed by atoms with E-state index in [0.717, 1.165) is 0 Å². The fourth-order valence-corrected chi connectivity index (χ4v) is 0.175. The first-order valence-corrected chi connectivity index (χ1v) is 5.63. The maximum atomic E-state index is 11.6. The van der Waals surface area contributed by atoms with Gasteiger partial charge in [0, 0.05) is 0 Å². The molecule has 0 heterocycles. The molecular weight excluding hydrogens is 133 g/mol. The highest BCUT2D eigenvalue weighted by Gasteiger charge is 2.32. The summed E-state index contributed by atoms with van der Waals surface area (Å²) in [5.74, 6) is 0. The Kier molecular flexibility index (Phi) is 2.53. The largest absolute Gasteiger partial charge is 0.255 e. The van der Waals surface area contributed by atoms with Crippen LogP contribution >= 0.6 is 0 Å². The van der Waals surface area contributed by atoms with E-state index in [9.17, 15) is 13.2 Å². The first kappa shape index (κ1) is 8.01. The summed E-state index contributed by atoms with van der Waals surface area (Å²) in [5, 5.41) is 0. The molecule has 0 aliphatic carbocycles. The van der Waals surface area contributed by atoms with Crippen LogP contribution in [0.2, 0.25) is 13.1 Å².